The number of hydrogen-bond acceptors (Lipinski definition) is 2. The minimum Gasteiger partial charge on any atom is -0.481 e. The SMILES string of the molecule is CC(C)C1CCCCC1NCCCCCC(=O)O. The van der Waals surface area contributed by atoms with Crippen LogP contribution in [0.3, 0.4) is 0 Å². The Morgan fingerprint density at radius 1 is 1.22 bits per heavy atom. The Hall–Kier alpha value is -0.570. The number of aliphatic carboxylic acids is 1. The molecule has 1 aliphatic rings. The summed E-state index contributed by atoms with van der Waals surface area (Å²) in [5.74, 6) is 0.933. The third-order valence-electron chi connectivity index (χ3n) is 4.15. The van der Waals surface area contributed by atoms with E-state index < -0.39 is 5.97 Å². The molecule has 0 aliphatic heterocycles. The molecule has 0 amide bonds. The molecule has 18 heavy (non-hydrogen) atoms. The lowest BCUT2D eigenvalue weighted by Crippen LogP contribution is -2.41. The summed E-state index contributed by atoms with van der Waals surface area (Å²) in [5.41, 5.74) is 0. The molecule has 1 aliphatic carbocycles. The van der Waals surface area contributed by atoms with Gasteiger partial charge in [-0.05, 0) is 44.1 Å². The van der Waals surface area contributed by atoms with Crippen molar-refractivity contribution < 1.29 is 9.90 Å². The molecule has 3 heteroatoms. The van der Waals surface area contributed by atoms with Crippen molar-refractivity contribution in [2.45, 2.75) is 71.3 Å². The van der Waals surface area contributed by atoms with E-state index in [9.17, 15) is 4.79 Å². The van der Waals surface area contributed by atoms with Crippen LogP contribution in [-0.2, 0) is 4.79 Å². The average molecular weight is 255 g/mol. The van der Waals surface area contributed by atoms with Gasteiger partial charge >= 0.3 is 5.97 Å². The fraction of sp³-hybridized carbons (Fsp3) is 0.933. The summed E-state index contributed by atoms with van der Waals surface area (Å²) in [6.45, 7) is 5.71. The molecule has 1 saturated carbocycles. The van der Waals surface area contributed by atoms with Crippen molar-refractivity contribution >= 4 is 5.97 Å². The summed E-state index contributed by atoms with van der Waals surface area (Å²) < 4.78 is 0. The van der Waals surface area contributed by atoms with Crippen LogP contribution in [-0.4, -0.2) is 23.7 Å². The van der Waals surface area contributed by atoms with Crippen molar-refractivity contribution in [1.29, 1.82) is 0 Å². The number of nitrogens with one attached hydrogen (secondary N) is 1. The topological polar surface area (TPSA) is 49.3 Å². The lowest BCUT2D eigenvalue weighted by atomic mass is 9.78. The number of unbranched alkanes of at least 4 members (excludes halogenated alkanes) is 2. The fourth-order valence-corrected chi connectivity index (χ4v) is 3.08. The smallest absolute Gasteiger partial charge is 0.303 e. The van der Waals surface area contributed by atoms with Crippen LogP contribution < -0.4 is 5.32 Å². The molecule has 0 spiro atoms. The van der Waals surface area contributed by atoms with Gasteiger partial charge in [0.1, 0.15) is 0 Å². The summed E-state index contributed by atoms with van der Waals surface area (Å²) in [6.07, 6.45) is 8.70. The van der Waals surface area contributed by atoms with E-state index in [1.807, 2.05) is 0 Å². The lowest BCUT2D eigenvalue weighted by Gasteiger charge is -2.35. The molecule has 0 saturated heterocycles. The standard InChI is InChI=1S/C15H29NO2/c1-12(2)13-8-5-6-9-14(13)16-11-7-3-4-10-15(17)18/h12-14,16H,3-11H2,1-2H3,(H,17,18). The van der Waals surface area contributed by atoms with E-state index in [1.54, 1.807) is 0 Å². The van der Waals surface area contributed by atoms with Crippen molar-refractivity contribution in [1.82, 2.24) is 5.32 Å². The predicted octanol–water partition coefficient (Wildman–Crippen LogP) is 3.44. The highest BCUT2D eigenvalue weighted by Crippen LogP contribution is 2.30. The maximum atomic E-state index is 10.4. The highest BCUT2D eigenvalue weighted by molar-refractivity contribution is 5.66. The first-order chi connectivity index (χ1) is 8.61. The average Bonchev–Trinajstić information content (AvgIpc) is 2.33. The summed E-state index contributed by atoms with van der Waals surface area (Å²) in [6, 6.07) is 0.693. The predicted molar refractivity (Wildman–Crippen MR) is 74.7 cm³/mol. The Bertz CT molecular complexity index is 241. The molecule has 0 bridgehead atoms. The zero-order valence-corrected chi connectivity index (χ0v) is 12.0. The van der Waals surface area contributed by atoms with Gasteiger partial charge in [-0.2, -0.15) is 0 Å². The van der Waals surface area contributed by atoms with Crippen LogP contribution in [0.1, 0.15) is 65.2 Å². The van der Waals surface area contributed by atoms with Gasteiger partial charge in [0.15, 0.2) is 0 Å². The first-order valence-corrected chi connectivity index (χ1v) is 7.56. The maximum Gasteiger partial charge on any atom is 0.303 e. The number of carboxylic acid groups (broad SMARTS) is 1. The van der Waals surface area contributed by atoms with E-state index in [-0.39, 0.29) is 0 Å². The molecule has 0 aromatic carbocycles. The van der Waals surface area contributed by atoms with E-state index in [0.29, 0.717) is 12.5 Å². The second-order valence-corrected chi connectivity index (χ2v) is 5.96. The van der Waals surface area contributed by atoms with Gasteiger partial charge in [0.2, 0.25) is 0 Å². The van der Waals surface area contributed by atoms with Crippen molar-refractivity contribution in [3.05, 3.63) is 0 Å². The van der Waals surface area contributed by atoms with Gasteiger partial charge < -0.3 is 10.4 Å². The fourth-order valence-electron chi connectivity index (χ4n) is 3.08. The number of hydrogen-bond donors (Lipinski definition) is 2. The second kappa shape index (κ2) is 8.52. The Kier molecular flexibility index (Phi) is 7.33. The molecule has 3 nitrogen and oxygen atoms in total. The van der Waals surface area contributed by atoms with Gasteiger partial charge in [0.05, 0.1) is 0 Å². The van der Waals surface area contributed by atoms with Gasteiger partial charge in [-0.3, -0.25) is 4.79 Å². The van der Waals surface area contributed by atoms with Crippen LogP contribution in [0, 0.1) is 11.8 Å². The van der Waals surface area contributed by atoms with Crippen molar-refractivity contribution in [2.75, 3.05) is 6.54 Å². The molecule has 0 radical (unpaired) electrons. The van der Waals surface area contributed by atoms with E-state index in [4.69, 9.17) is 5.11 Å². The Morgan fingerprint density at radius 3 is 2.61 bits per heavy atom. The molecule has 0 aromatic heterocycles. The molecule has 0 heterocycles. The summed E-state index contributed by atoms with van der Waals surface area (Å²) in [7, 11) is 0. The molecule has 2 atom stereocenters. The zero-order chi connectivity index (χ0) is 13.4. The Morgan fingerprint density at radius 2 is 1.94 bits per heavy atom. The largest absolute Gasteiger partial charge is 0.481 e. The van der Waals surface area contributed by atoms with E-state index in [1.165, 1.54) is 25.7 Å². The number of rotatable bonds is 8. The van der Waals surface area contributed by atoms with E-state index in [0.717, 1.165) is 37.6 Å². The second-order valence-electron chi connectivity index (χ2n) is 5.96. The molecule has 1 fully saturated rings. The van der Waals surface area contributed by atoms with Crippen molar-refractivity contribution in [3.8, 4) is 0 Å². The Balaban J connectivity index is 2.11. The van der Waals surface area contributed by atoms with Gasteiger partial charge in [0, 0.05) is 12.5 Å². The number of carboxylic acids is 1. The highest BCUT2D eigenvalue weighted by atomic mass is 16.4. The van der Waals surface area contributed by atoms with Crippen LogP contribution in [0.4, 0.5) is 0 Å². The molecule has 1 rings (SSSR count). The zero-order valence-electron chi connectivity index (χ0n) is 12.0. The first kappa shape index (κ1) is 15.5. The van der Waals surface area contributed by atoms with Crippen LogP contribution >= 0.6 is 0 Å². The normalized spacial score (nSPS) is 24.4. The summed E-state index contributed by atoms with van der Waals surface area (Å²) in [5, 5.41) is 12.2. The summed E-state index contributed by atoms with van der Waals surface area (Å²) in [4.78, 5) is 10.4. The van der Waals surface area contributed by atoms with Crippen LogP contribution in [0.2, 0.25) is 0 Å². The molecular formula is C15H29NO2. The highest BCUT2D eigenvalue weighted by Gasteiger charge is 2.26. The van der Waals surface area contributed by atoms with Gasteiger partial charge in [-0.15, -0.1) is 0 Å². The minimum atomic E-state index is -0.671. The lowest BCUT2D eigenvalue weighted by molar-refractivity contribution is -0.137. The maximum absolute atomic E-state index is 10.4. The van der Waals surface area contributed by atoms with Gasteiger partial charge in [0.25, 0.3) is 0 Å². The minimum absolute atomic E-state index is 0.318. The van der Waals surface area contributed by atoms with Crippen molar-refractivity contribution in [2.24, 2.45) is 11.8 Å². The first-order valence-electron chi connectivity index (χ1n) is 7.56. The van der Waals surface area contributed by atoms with E-state index >= 15 is 0 Å². The van der Waals surface area contributed by atoms with Gasteiger partial charge in [-0.25, -0.2) is 0 Å². The third-order valence-corrected chi connectivity index (χ3v) is 4.15. The molecule has 2 N–H and O–H groups in total. The monoisotopic (exact) mass is 255 g/mol. The summed E-state index contributed by atoms with van der Waals surface area (Å²) >= 11 is 0. The molecule has 2 unspecified atom stereocenters. The van der Waals surface area contributed by atoms with E-state index in [2.05, 4.69) is 19.2 Å². The Labute approximate surface area is 111 Å². The molecule has 0 aromatic rings. The molecular weight excluding hydrogens is 226 g/mol. The van der Waals surface area contributed by atoms with Crippen LogP contribution in [0.5, 0.6) is 0 Å². The number of carbonyl (C=O) groups is 1. The third kappa shape index (κ3) is 5.85. The van der Waals surface area contributed by atoms with Crippen molar-refractivity contribution in [3.63, 3.8) is 0 Å². The molecule has 106 valence electrons. The quantitative estimate of drug-likeness (QED) is 0.653. The van der Waals surface area contributed by atoms with Gasteiger partial charge in [-0.1, -0.05) is 33.1 Å². The van der Waals surface area contributed by atoms with Crippen LogP contribution in [0.15, 0.2) is 0 Å². The van der Waals surface area contributed by atoms with Crippen LogP contribution in [0.25, 0.3) is 0 Å².